The molecule has 0 aliphatic rings. The minimum atomic E-state index is -3.67. The van der Waals surface area contributed by atoms with E-state index < -0.39 is 21.1 Å². The third-order valence-corrected chi connectivity index (χ3v) is 4.43. The van der Waals surface area contributed by atoms with Gasteiger partial charge in [0.1, 0.15) is 0 Å². The van der Waals surface area contributed by atoms with Crippen LogP contribution in [-0.2, 0) is 20.4 Å². The molecule has 0 saturated carbocycles. The third-order valence-electron chi connectivity index (χ3n) is 2.17. The van der Waals surface area contributed by atoms with Crippen LogP contribution in [-0.4, -0.2) is 24.7 Å². The highest BCUT2D eigenvalue weighted by atomic mass is 35.5. The zero-order chi connectivity index (χ0) is 12.3. The predicted molar refractivity (Wildman–Crippen MR) is 61.2 cm³/mol. The molecule has 1 N–H and O–H groups in total. The van der Waals surface area contributed by atoms with E-state index in [4.69, 9.17) is 16.7 Å². The average Bonchev–Trinajstić information content (AvgIpc) is 2.20. The van der Waals surface area contributed by atoms with Crippen molar-refractivity contribution in [1.82, 2.24) is 0 Å². The van der Waals surface area contributed by atoms with Crippen molar-refractivity contribution in [1.29, 1.82) is 0 Å². The Bertz CT molecular complexity index is 478. The number of carbonyl (C=O) groups is 1. The number of rotatable bonds is 4. The summed E-state index contributed by atoms with van der Waals surface area (Å²) in [7, 11) is -3.67. The Kier molecular flexibility index (Phi) is 3.93. The van der Waals surface area contributed by atoms with E-state index in [1.165, 1.54) is 0 Å². The van der Waals surface area contributed by atoms with Crippen LogP contribution in [0.1, 0.15) is 12.5 Å². The molecule has 0 radical (unpaired) electrons. The summed E-state index contributed by atoms with van der Waals surface area (Å²) in [5.74, 6) is -1.63. The summed E-state index contributed by atoms with van der Waals surface area (Å²) in [5, 5.41) is 7.75. The van der Waals surface area contributed by atoms with Gasteiger partial charge in [0.25, 0.3) is 0 Å². The SMILES string of the molecule is CC(C(=O)O)S(=O)(=O)Cc1ccc(Cl)cc1. The Morgan fingerprint density at radius 2 is 1.88 bits per heavy atom. The molecule has 1 unspecified atom stereocenters. The molecule has 0 aromatic heterocycles. The van der Waals surface area contributed by atoms with Gasteiger partial charge < -0.3 is 5.11 Å². The fraction of sp³-hybridized carbons (Fsp3) is 0.300. The van der Waals surface area contributed by atoms with Crippen LogP contribution in [0.25, 0.3) is 0 Å². The summed E-state index contributed by atoms with van der Waals surface area (Å²) in [6, 6.07) is 6.26. The van der Waals surface area contributed by atoms with Crippen molar-refractivity contribution in [2.24, 2.45) is 0 Å². The second-order valence-corrected chi connectivity index (χ2v) is 6.17. The summed E-state index contributed by atoms with van der Waals surface area (Å²) < 4.78 is 23.2. The molecule has 0 spiro atoms. The number of carboxylic acid groups (broad SMARTS) is 1. The van der Waals surface area contributed by atoms with E-state index in [0.717, 1.165) is 6.92 Å². The fourth-order valence-electron chi connectivity index (χ4n) is 1.09. The number of hydrogen-bond donors (Lipinski definition) is 1. The Balaban J connectivity index is 2.89. The van der Waals surface area contributed by atoms with E-state index in [1.807, 2.05) is 0 Å². The van der Waals surface area contributed by atoms with Gasteiger partial charge in [-0.3, -0.25) is 4.79 Å². The fourth-order valence-corrected chi connectivity index (χ4v) is 2.43. The summed E-state index contributed by atoms with van der Waals surface area (Å²) in [4.78, 5) is 10.6. The van der Waals surface area contributed by atoms with Crippen LogP contribution in [0.3, 0.4) is 0 Å². The van der Waals surface area contributed by atoms with Gasteiger partial charge in [-0.15, -0.1) is 0 Å². The molecule has 1 aromatic rings. The van der Waals surface area contributed by atoms with Crippen LogP contribution in [0, 0.1) is 0 Å². The molecule has 0 amide bonds. The topological polar surface area (TPSA) is 71.4 Å². The van der Waals surface area contributed by atoms with Crippen LogP contribution < -0.4 is 0 Å². The third kappa shape index (κ3) is 3.21. The summed E-state index contributed by atoms with van der Waals surface area (Å²) >= 11 is 5.65. The van der Waals surface area contributed by atoms with Crippen molar-refractivity contribution in [3.05, 3.63) is 34.9 Å². The highest BCUT2D eigenvalue weighted by Gasteiger charge is 2.27. The van der Waals surface area contributed by atoms with Crippen LogP contribution in [0.15, 0.2) is 24.3 Å². The first-order valence-corrected chi connectivity index (χ1v) is 6.61. The average molecular weight is 263 g/mol. The van der Waals surface area contributed by atoms with Crippen LogP contribution in [0.4, 0.5) is 0 Å². The molecule has 6 heteroatoms. The van der Waals surface area contributed by atoms with Gasteiger partial charge in [-0.05, 0) is 24.6 Å². The molecule has 0 heterocycles. The number of benzene rings is 1. The highest BCUT2D eigenvalue weighted by Crippen LogP contribution is 2.14. The second-order valence-electron chi connectivity index (χ2n) is 3.41. The molecule has 0 aliphatic heterocycles. The van der Waals surface area contributed by atoms with Crippen molar-refractivity contribution >= 4 is 27.4 Å². The van der Waals surface area contributed by atoms with Crippen molar-refractivity contribution in [2.45, 2.75) is 17.9 Å². The maximum absolute atomic E-state index is 11.6. The molecular weight excluding hydrogens is 252 g/mol. The van der Waals surface area contributed by atoms with Gasteiger partial charge in [-0.2, -0.15) is 0 Å². The molecule has 16 heavy (non-hydrogen) atoms. The van der Waals surface area contributed by atoms with E-state index in [9.17, 15) is 13.2 Å². The van der Waals surface area contributed by atoms with Crippen LogP contribution in [0.5, 0.6) is 0 Å². The maximum atomic E-state index is 11.6. The van der Waals surface area contributed by atoms with E-state index in [-0.39, 0.29) is 5.75 Å². The van der Waals surface area contributed by atoms with Gasteiger partial charge in [0, 0.05) is 5.02 Å². The van der Waals surface area contributed by atoms with Gasteiger partial charge in [0.15, 0.2) is 15.1 Å². The van der Waals surface area contributed by atoms with Gasteiger partial charge in [-0.1, -0.05) is 23.7 Å². The lowest BCUT2D eigenvalue weighted by atomic mass is 10.2. The standard InChI is InChI=1S/C10H11ClO4S/c1-7(10(12)13)16(14,15)6-8-2-4-9(11)5-3-8/h2-5,7H,6H2,1H3,(H,12,13). The number of halogens is 1. The first-order valence-electron chi connectivity index (χ1n) is 4.52. The van der Waals surface area contributed by atoms with Crippen LogP contribution in [0.2, 0.25) is 5.02 Å². The van der Waals surface area contributed by atoms with Gasteiger partial charge in [0.05, 0.1) is 5.75 Å². The first kappa shape index (κ1) is 13.0. The van der Waals surface area contributed by atoms with Crippen LogP contribution >= 0.6 is 11.6 Å². The number of sulfone groups is 1. The molecule has 0 bridgehead atoms. The number of carboxylic acids is 1. The second kappa shape index (κ2) is 4.84. The number of hydrogen-bond acceptors (Lipinski definition) is 3. The molecular formula is C10H11ClO4S. The molecule has 88 valence electrons. The van der Waals surface area contributed by atoms with Crippen molar-refractivity contribution in [3.63, 3.8) is 0 Å². The minimum absolute atomic E-state index is 0.294. The summed E-state index contributed by atoms with van der Waals surface area (Å²) in [6.07, 6.45) is 0. The summed E-state index contributed by atoms with van der Waals surface area (Å²) in [5.41, 5.74) is 0.525. The molecule has 4 nitrogen and oxygen atoms in total. The Hall–Kier alpha value is -1.07. The van der Waals surface area contributed by atoms with Gasteiger partial charge >= 0.3 is 5.97 Å². The molecule has 1 aromatic carbocycles. The van der Waals surface area contributed by atoms with E-state index in [1.54, 1.807) is 24.3 Å². The van der Waals surface area contributed by atoms with Gasteiger partial charge in [0.2, 0.25) is 0 Å². The smallest absolute Gasteiger partial charge is 0.321 e. The van der Waals surface area contributed by atoms with E-state index in [0.29, 0.717) is 10.6 Å². The quantitative estimate of drug-likeness (QED) is 0.897. The van der Waals surface area contributed by atoms with E-state index in [2.05, 4.69) is 0 Å². The zero-order valence-corrected chi connectivity index (χ0v) is 10.1. The predicted octanol–water partition coefficient (Wildman–Crippen LogP) is 1.73. The molecule has 1 rings (SSSR count). The van der Waals surface area contributed by atoms with E-state index >= 15 is 0 Å². The monoisotopic (exact) mass is 262 g/mol. The molecule has 0 fully saturated rings. The lowest BCUT2D eigenvalue weighted by Gasteiger charge is -2.08. The lowest BCUT2D eigenvalue weighted by molar-refractivity contribution is -0.136. The summed E-state index contributed by atoms with van der Waals surface area (Å²) in [6.45, 7) is 1.16. The largest absolute Gasteiger partial charge is 0.480 e. The van der Waals surface area contributed by atoms with Crippen molar-refractivity contribution in [2.75, 3.05) is 0 Å². The Labute approximate surface area is 98.8 Å². The maximum Gasteiger partial charge on any atom is 0.321 e. The van der Waals surface area contributed by atoms with Crippen molar-refractivity contribution in [3.8, 4) is 0 Å². The molecule has 0 saturated heterocycles. The molecule has 1 atom stereocenters. The minimum Gasteiger partial charge on any atom is -0.480 e. The zero-order valence-electron chi connectivity index (χ0n) is 8.55. The van der Waals surface area contributed by atoms with Crippen molar-refractivity contribution < 1.29 is 18.3 Å². The Morgan fingerprint density at radius 1 is 1.38 bits per heavy atom. The number of aliphatic carboxylic acids is 1. The van der Waals surface area contributed by atoms with Gasteiger partial charge in [-0.25, -0.2) is 8.42 Å². The first-order chi connectivity index (χ1) is 7.33. The lowest BCUT2D eigenvalue weighted by Crippen LogP contribution is -2.28. The Morgan fingerprint density at radius 3 is 2.31 bits per heavy atom. The molecule has 0 aliphatic carbocycles. The highest BCUT2D eigenvalue weighted by molar-refractivity contribution is 7.91. The normalized spacial score (nSPS) is 13.4.